The van der Waals surface area contributed by atoms with E-state index in [9.17, 15) is 4.79 Å². The van der Waals surface area contributed by atoms with Gasteiger partial charge >= 0.3 is 0 Å². The van der Waals surface area contributed by atoms with E-state index in [1.165, 1.54) is 31.7 Å². The van der Waals surface area contributed by atoms with Gasteiger partial charge in [0.1, 0.15) is 0 Å². The molecule has 1 aromatic rings. The average Bonchev–Trinajstić information content (AvgIpc) is 2.61. The minimum Gasteiger partial charge on any atom is -0.350 e. The summed E-state index contributed by atoms with van der Waals surface area (Å²) in [5.41, 5.74) is 2.80. The van der Waals surface area contributed by atoms with Gasteiger partial charge in [-0.25, -0.2) is 20.3 Å². The van der Waals surface area contributed by atoms with E-state index >= 15 is 0 Å². The normalized spacial score (nSPS) is 22.4. The molecule has 0 spiro atoms. The zero-order chi connectivity index (χ0) is 15.2. The lowest BCUT2D eigenvalue weighted by molar-refractivity contribution is -0.186. The first-order valence-corrected chi connectivity index (χ1v) is 7.97. The van der Waals surface area contributed by atoms with Gasteiger partial charge in [0.2, 0.25) is 5.95 Å². The van der Waals surface area contributed by atoms with Crippen molar-refractivity contribution in [3.05, 3.63) is 18.0 Å². The molecule has 0 aromatic carbocycles. The fourth-order valence-electron chi connectivity index (χ4n) is 2.68. The number of ether oxygens (including phenoxy) is 1. The maximum absolute atomic E-state index is 12.0. The molecule has 1 aromatic heterocycles. The molecule has 1 unspecified atom stereocenters. The van der Waals surface area contributed by atoms with Gasteiger partial charge < -0.3 is 9.64 Å². The lowest BCUT2D eigenvalue weighted by Gasteiger charge is -2.26. The van der Waals surface area contributed by atoms with Gasteiger partial charge in [-0.05, 0) is 32.1 Å². The van der Waals surface area contributed by atoms with Crippen LogP contribution in [0.2, 0.25) is 0 Å². The third-order valence-corrected chi connectivity index (χ3v) is 3.96. The predicted molar refractivity (Wildman–Crippen MR) is 80.2 cm³/mol. The fourth-order valence-corrected chi connectivity index (χ4v) is 2.68. The predicted octanol–water partition coefficient (Wildman–Crippen LogP) is 1.65. The SMILES string of the molecule is O=C(NOC1CCCCO1)c1cnc(N2CCCCC2)nc1. The van der Waals surface area contributed by atoms with Gasteiger partial charge in [0.05, 0.1) is 5.56 Å². The van der Waals surface area contributed by atoms with Crippen molar-refractivity contribution in [1.82, 2.24) is 15.4 Å². The van der Waals surface area contributed by atoms with Crippen LogP contribution < -0.4 is 10.4 Å². The molecule has 2 aliphatic rings. The van der Waals surface area contributed by atoms with E-state index in [0.717, 1.165) is 32.4 Å². The molecule has 0 radical (unpaired) electrons. The number of piperidine rings is 1. The Labute approximate surface area is 130 Å². The fraction of sp³-hybridized carbons (Fsp3) is 0.667. The molecule has 1 N–H and O–H groups in total. The molecule has 22 heavy (non-hydrogen) atoms. The van der Waals surface area contributed by atoms with Crippen molar-refractivity contribution in [3.63, 3.8) is 0 Å². The molecule has 2 saturated heterocycles. The lowest BCUT2D eigenvalue weighted by atomic mass is 10.1. The van der Waals surface area contributed by atoms with E-state index in [-0.39, 0.29) is 12.2 Å². The van der Waals surface area contributed by atoms with Gasteiger partial charge in [0, 0.05) is 38.5 Å². The van der Waals surface area contributed by atoms with Crippen LogP contribution in [0.1, 0.15) is 48.9 Å². The molecule has 7 nitrogen and oxygen atoms in total. The number of hydrogen-bond donors (Lipinski definition) is 1. The topological polar surface area (TPSA) is 76.6 Å². The molecule has 3 heterocycles. The molecular formula is C15H22N4O3. The summed E-state index contributed by atoms with van der Waals surface area (Å²) in [4.78, 5) is 28.0. The Morgan fingerprint density at radius 1 is 1.18 bits per heavy atom. The zero-order valence-corrected chi connectivity index (χ0v) is 12.7. The third kappa shape index (κ3) is 3.92. The Kier molecular flexibility index (Phi) is 5.18. The van der Waals surface area contributed by atoms with Crippen LogP contribution in [0.15, 0.2) is 12.4 Å². The van der Waals surface area contributed by atoms with Crippen molar-refractivity contribution in [2.24, 2.45) is 0 Å². The first kappa shape index (κ1) is 15.2. The van der Waals surface area contributed by atoms with Crippen LogP contribution in [0.4, 0.5) is 5.95 Å². The van der Waals surface area contributed by atoms with Crippen LogP contribution in [-0.4, -0.2) is 41.9 Å². The monoisotopic (exact) mass is 306 g/mol. The number of carbonyl (C=O) groups is 1. The second-order valence-corrected chi connectivity index (χ2v) is 5.66. The average molecular weight is 306 g/mol. The number of amides is 1. The Hall–Kier alpha value is -1.73. The smallest absolute Gasteiger partial charge is 0.278 e. The van der Waals surface area contributed by atoms with E-state index in [1.54, 1.807) is 0 Å². The maximum atomic E-state index is 12.0. The number of hydrogen-bond acceptors (Lipinski definition) is 6. The van der Waals surface area contributed by atoms with Gasteiger partial charge in [0.15, 0.2) is 6.29 Å². The van der Waals surface area contributed by atoms with Crippen LogP contribution in [0.25, 0.3) is 0 Å². The van der Waals surface area contributed by atoms with E-state index in [4.69, 9.17) is 9.57 Å². The molecule has 1 atom stereocenters. The molecule has 1 amide bonds. The van der Waals surface area contributed by atoms with Gasteiger partial charge in [-0.3, -0.25) is 4.79 Å². The summed E-state index contributed by atoms with van der Waals surface area (Å²) in [5.74, 6) is 0.340. The highest BCUT2D eigenvalue weighted by molar-refractivity contribution is 5.92. The summed E-state index contributed by atoms with van der Waals surface area (Å²) in [6.45, 7) is 2.63. The lowest BCUT2D eigenvalue weighted by Crippen LogP contribution is -2.33. The van der Waals surface area contributed by atoms with Crippen LogP contribution in [-0.2, 0) is 9.57 Å². The van der Waals surface area contributed by atoms with Crippen molar-refractivity contribution in [2.75, 3.05) is 24.6 Å². The Morgan fingerprint density at radius 3 is 2.64 bits per heavy atom. The van der Waals surface area contributed by atoms with Crippen molar-refractivity contribution in [2.45, 2.75) is 44.8 Å². The quantitative estimate of drug-likeness (QED) is 0.853. The highest BCUT2D eigenvalue weighted by Gasteiger charge is 2.17. The molecule has 120 valence electrons. The Morgan fingerprint density at radius 2 is 1.95 bits per heavy atom. The standard InChI is InChI=1S/C15H22N4O3/c20-14(18-22-13-6-2-5-9-21-13)12-10-16-15(17-11-12)19-7-3-1-4-8-19/h10-11,13H,1-9H2,(H,18,20). The van der Waals surface area contributed by atoms with Crippen LogP contribution in [0.3, 0.4) is 0 Å². The van der Waals surface area contributed by atoms with Crippen LogP contribution in [0.5, 0.6) is 0 Å². The van der Waals surface area contributed by atoms with E-state index in [1.807, 2.05) is 0 Å². The van der Waals surface area contributed by atoms with Crippen molar-refractivity contribution in [3.8, 4) is 0 Å². The van der Waals surface area contributed by atoms with Gasteiger partial charge in [-0.1, -0.05) is 0 Å². The zero-order valence-electron chi connectivity index (χ0n) is 12.7. The van der Waals surface area contributed by atoms with Gasteiger partial charge in [-0.15, -0.1) is 0 Å². The number of hydroxylamine groups is 1. The minimum atomic E-state index is -0.355. The van der Waals surface area contributed by atoms with Gasteiger partial charge in [0.25, 0.3) is 5.91 Å². The Balaban J connectivity index is 1.51. The number of nitrogens with zero attached hydrogens (tertiary/aromatic N) is 3. The summed E-state index contributed by atoms with van der Waals surface area (Å²) in [5, 5.41) is 0. The number of rotatable bonds is 4. The largest absolute Gasteiger partial charge is 0.350 e. The molecule has 0 bridgehead atoms. The summed E-state index contributed by atoms with van der Waals surface area (Å²) in [6.07, 6.45) is 9.21. The number of nitrogens with one attached hydrogen (secondary N) is 1. The minimum absolute atomic E-state index is 0.348. The molecule has 2 fully saturated rings. The Bertz CT molecular complexity index is 482. The summed E-state index contributed by atoms with van der Waals surface area (Å²) in [7, 11) is 0. The number of anilines is 1. The van der Waals surface area contributed by atoms with E-state index in [2.05, 4.69) is 20.3 Å². The van der Waals surface area contributed by atoms with Crippen molar-refractivity contribution in [1.29, 1.82) is 0 Å². The summed E-state index contributed by atoms with van der Waals surface area (Å²) < 4.78 is 5.39. The highest BCUT2D eigenvalue weighted by atomic mass is 16.8. The maximum Gasteiger partial charge on any atom is 0.278 e. The van der Waals surface area contributed by atoms with Crippen LogP contribution in [0, 0.1) is 0 Å². The van der Waals surface area contributed by atoms with Crippen molar-refractivity contribution < 1.29 is 14.4 Å². The molecular weight excluding hydrogens is 284 g/mol. The summed E-state index contributed by atoms with van der Waals surface area (Å²) in [6, 6.07) is 0. The summed E-state index contributed by atoms with van der Waals surface area (Å²) >= 11 is 0. The van der Waals surface area contributed by atoms with E-state index in [0.29, 0.717) is 18.1 Å². The molecule has 0 aliphatic carbocycles. The van der Waals surface area contributed by atoms with Gasteiger partial charge in [-0.2, -0.15) is 0 Å². The first-order valence-electron chi connectivity index (χ1n) is 7.97. The van der Waals surface area contributed by atoms with E-state index < -0.39 is 0 Å². The molecule has 3 rings (SSSR count). The van der Waals surface area contributed by atoms with Crippen LogP contribution >= 0.6 is 0 Å². The molecule has 0 saturated carbocycles. The first-order chi connectivity index (χ1) is 10.8. The number of carbonyl (C=O) groups excluding carboxylic acids is 1. The molecule has 7 heteroatoms. The highest BCUT2D eigenvalue weighted by Crippen LogP contribution is 2.15. The second kappa shape index (κ2) is 7.51. The molecule has 2 aliphatic heterocycles. The van der Waals surface area contributed by atoms with Crippen molar-refractivity contribution >= 4 is 11.9 Å². The second-order valence-electron chi connectivity index (χ2n) is 5.66. The number of aromatic nitrogens is 2. The third-order valence-electron chi connectivity index (χ3n) is 3.96.